The summed E-state index contributed by atoms with van der Waals surface area (Å²) in [5.41, 5.74) is 0.0940. The van der Waals surface area contributed by atoms with Gasteiger partial charge in [0.2, 0.25) is 5.91 Å². The van der Waals surface area contributed by atoms with Crippen molar-refractivity contribution < 1.29 is 23.5 Å². The molecular weight excluding hydrogens is 268 g/mol. The molecule has 6 heteroatoms. The summed E-state index contributed by atoms with van der Waals surface area (Å²) in [7, 11) is 0. The van der Waals surface area contributed by atoms with Gasteiger partial charge in [-0.1, -0.05) is 26.0 Å². The maximum Gasteiger partial charge on any atom is 0.326 e. The molecule has 4 nitrogen and oxygen atoms in total. The lowest BCUT2D eigenvalue weighted by Gasteiger charge is -2.17. The Labute approximate surface area is 115 Å². The van der Waals surface area contributed by atoms with Crippen LogP contribution in [0, 0.1) is 17.6 Å². The summed E-state index contributed by atoms with van der Waals surface area (Å²) >= 11 is 0. The van der Waals surface area contributed by atoms with Crippen molar-refractivity contribution in [1.29, 1.82) is 0 Å². The van der Waals surface area contributed by atoms with Gasteiger partial charge in [0, 0.05) is 6.42 Å². The molecule has 1 aromatic carbocycles. The lowest BCUT2D eigenvalue weighted by molar-refractivity contribution is -0.143. The topological polar surface area (TPSA) is 66.4 Å². The van der Waals surface area contributed by atoms with Gasteiger partial charge in [0.25, 0.3) is 0 Å². The van der Waals surface area contributed by atoms with Crippen LogP contribution in [0.2, 0.25) is 0 Å². The Hall–Kier alpha value is -1.98. The highest BCUT2D eigenvalue weighted by Gasteiger charge is 2.23. The van der Waals surface area contributed by atoms with E-state index in [1.54, 1.807) is 13.8 Å². The summed E-state index contributed by atoms with van der Waals surface area (Å²) in [6.07, 6.45) is -0.0866. The zero-order valence-electron chi connectivity index (χ0n) is 11.3. The maximum atomic E-state index is 13.4. The second-order valence-corrected chi connectivity index (χ2v) is 4.84. The highest BCUT2D eigenvalue weighted by Crippen LogP contribution is 2.13. The van der Waals surface area contributed by atoms with E-state index in [1.165, 1.54) is 12.1 Å². The van der Waals surface area contributed by atoms with Crippen LogP contribution in [-0.2, 0) is 16.0 Å². The summed E-state index contributed by atoms with van der Waals surface area (Å²) in [5.74, 6) is -3.82. The maximum absolute atomic E-state index is 13.4. The van der Waals surface area contributed by atoms with Gasteiger partial charge in [-0.05, 0) is 24.0 Å². The van der Waals surface area contributed by atoms with Crippen molar-refractivity contribution >= 4 is 11.9 Å². The minimum Gasteiger partial charge on any atom is -0.480 e. The zero-order valence-corrected chi connectivity index (χ0v) is 11.3. The first-order chi connectivity index (χ1) is 9.32. The van der Waals surface area contributed by atoms with Crippen LogP contribution in [0.25, 0.3) is 0 Å². The summed E-state index contributed by atoms with van der Waals surface area (Å²) in [4.78, 5) is 22.6. The number of aliphatic carboxylic acids is 1. The van der Waals surface area contributed by atoms with Crippen molar-refractivity contribution in [2.24, 2.45) is 5.92 Å². The first-order valence-electron chi connectivity index (χ1n) is 6.28. The van der Waals surface area contributed by atoms with Crippen LogP contribution >= 0.6 is 0 Å². The highest BCUT2D eigenvalue weighted by atomic mass is 19.2. The smallest absolute Gasteiger partial charge is 0.326 e. The first-order valence-corrected chi connectivity index (χ1v) is 6.28. The third kappa shape index (κ3) is 4.29. The number of benzene rings is 1. The Bertz CT molecular complexity index is 503. The van der Waals surface area contributed by atoms with Crippen LogP contribution in [0.3, 0.4) is 0 Å². The van der Waals surface area contributed by atoms with E-state index in [9.17, 15) is 18.4 Å². The van der Waals surface area contributed by atoms with E-state index >= 15 is 0 Å². The van der Waals surface area contributed by atoms with Gasteiger partial charge in [0.1, 0.15) is 6.04 Å². The molecular formula is C14H17F2NO3. The van der Waals surface area contributed by atoms with Crippen molar-refractivity contribution in [2.45, 2.75) is 32.7 Å². The number of carbonyl (C=O) groups is 2. The van der Waals surface area contributed by atoms with Crippen molar-refractivity contribution in [1.82, 2.24) is 5.32 Å². The Kier molecular flexibility index (Phi) is 5.61. The molecule has 0 spiro atoms. The monoisotopic (exact) mass is 285 g/mol. The third-order valence-corrected chi connectivity index (χ3v) is 2.90. The van der Waals surface area contributed by atoms with Crippen molar-refractivity contribution in [3.63, 3.8) is 0 Å². The van der Waals surface area contributed by atoms with Gasteiger partial charge < -0.3 is 10.4 Å². The SMILES string of the molecule is CC(C)[C@H](NC(=O)CCc1cccc(F)c1F)C(=O)O. The molecule has 1 atom stereocenters. The number of aryl methyl sites for hydroxylation is 1. The molecule has 0 aliphatic carbocycles. The van der Waals surface area contributed by atoms with Gasteiger partial charge in [-0.2, -0.15) is 0 Å². The first kappa shape index (κ1) is 16.1. The zero-order chi connectivity index (χ0) is 15.3. The molecule has 0 bridgehead atoms. The lowest BCUT2D eigenvalue weighted by atomic mass is 10.0. The van der Waals surface area contributed by atoms with Crippen molar-refractivity contribution in [3.05, 3.63) is 35.4 Å². The predicted octanol–water partition coefficient (Wildman–Crippen LogP) is 2.12. The Morgan fingerprint density at radius 2 is 1.95 bits per heavy atom. The van der Waals surface area contributed by atoms with Crippen LogP contribution in [-0.4, -0.2) is 23.0 Å². The molecule has 0 aliphatic heterocycles. The molecule has 0 radical (unpaired) electrons. The molecule has 0 aliphatic rings. The number of hydrogen-bond acceptors (Lipinski definition) is 2. The molecule has 110 valence electrons. The van der Waals surface area contributed by atoms with E-state index in [-0.39, 0.29) is 24.3 Å². The summed E-state index contributed by atoms with van der Waals surface area (Å²) in [6.45, 7) is 3.34. The fraction of sp³-hybridized carbons (Fsp3) is 0.429. The van der Waals surface area contributed by atoms with Gasteiger partial charge >= 0.3 is 5.97 Å². The molecule has 2 N–H and O–H groups in total. The quantitative estimate of drug-likeness (QED) is 0.841. The molecule has 1 amide bonds. The van der Waals surface area contributed by atoms with Gasteiger partial charge in [0.05, 0.1) is 0 Å². The number of carbonyl (C=O) groups excluding carboxylic acids is 1. The molecule has 0 heterocycles. The fourth-order valence-electron chi connectivity index (χ4n) is 1.75. The normalized spacial score (nSPS) is 12.2. The van der Waals surface area contributed by atoms with E-state index in [1.807, 2.05) is 0 Å². The molecule has 20 heavy (non-hydrogen) atoms. The van der Waals surface area contributed by atoms with E-state index < -0.39 is 29.6 Å². The van der Waals surface area contributed by atoms with Crippen LogP contribution in [0.5, 0.6) is 0 Å². The van der Waals surface area contributed by atoms with Gasteiger partial charge in [-0.25, -0.2) is 13.6 Å². The number of rotatable bonds is 6. The minimum absolute atomic E-state index is 0.0138. The van der Waals surface area contributed by atoms with Crippen LogP contribution in [0.1, 0.15) is 25.8 Å². The summed E-state index contributed by atoms with van der Waals surface area (Å²) < 4.78 is 26.3. The second-order valence-electron chi connectivity index (χ2n) is 4.84. The molecule has 0 saturated carbocycles. The Morgan fingerprint density at radius 1 is 1.30 bits per heavy atom. The summed E-state index contributed by atoms with van der Waals surface area (Å²) in [5, 5.41) is 11.3. The fourth-order valence-corrected chi connectivity index (χ4v) is 1.75. The highest BCUT2D eigenvalue weighted by molar-refractivity contribution is 5.83. The number of carboxylic acids is 1. The average molecular weight is 285 g/mol. The van der Waals surface area contributed by atoms with Crippen LogP contribution in [0.4, 0.5) is 8.78 Å². The Morgan fingerprint density at radius 3 is 2.50 bits per heavy atom. The summed E-state index contributed by atoms with van der Waals surface area (Å²) in [6, 6.07) is 2.76. The molecule has 0 fully saturated rings. The standard InChI is InChI=1S/C14H17F2NO3/c1-8(2)13(14(19)20)17-11(18)7-6-9-4-3-5-10(15)12(9)16/h3-5,8,13H,6-7H2,1-2H3,(H,17,18)(H,19,20)/t13-/m0/s1. The van der Waals surface area contributed by atoms with E-state index in [2.05, 4.69) is 5.32 Å². The van der Waals surface area contributed by atoms with Gasteiger partial charge in [0.15, 0.2) is 11.6 Å². The van der Waals surface area contributed by atoms with E-state index in [0.717, 1.165) is 6.07 Å². The predicted molar refractivity (Wildman–Crippen MR) is 69.1 cm³/mol. The van der Waals surface area contributed by atoms with E-state index in [0.29, 0.717) is 0 Å². The largest absolute Gasteiger partial charge is 0.480 e. The third-order valence-electron chi connectivity index (χ3n) is 2.90. The van der Waals surface area contributed by atoms with Gasteiger partial charge in [-0.15, -0.1) is 0 Å². The number of nitrogens with one attached hydrogen (secondary N) is 1. The van der Waals surface area contributed by atoms with Crippen LogP contribution < -0.4 is 5.32 Å². The molecule has 0 saturated heterocycles. The number of carboxylic acid groups (broad SMARTS) is 1. The Balaban J connectivity index is 2.59. The van der Waals surface area contributed by atoms with Crippen LogP contribution in [0.15, 0.2) is 18.2 Å². The number of halogens is 2. The van der Waals surface area contributed by atoms with E-state index in [4.69, 9.17) is 5.11 Å². The lowest BCUT2D eigenvalue weighted by Crippen LogP contribution is -2.44. The van der Waals surface area contributed by atoms with Crippen molar-refractivity contribution in [2.75, 3.05) is 0 Å². The molecule has 0 aromatic heterocycles. The average Bonchev–Trinajstić information content (AvgIpc) is 2.37. The molecule has 1 rings (SSSR count). The minimum atomic E-state index is -1.12. The number of hydrogen-bond donors (Lipinski definition) is 2. The molecule has 1 aromatic rings. The van der Waals surface area contributed by atoms with Gasteiger partial charge in [-0.3, -0.25) is 4.79 Å². The second kappa shape index (κ2) is 6.98. The number of amides is 1. The van der Waals surface area contributed by atoms with Crippen molar-refractivity contribution in [3.8, 4) is 0 Å². The molecule has 0 unspecified atom stereocenters.